The molecule has 0 radical (unpaired) electrons. The predicted octanol–water partition coefficient (Wildman–Crippen LogP) is 4.98. The van der Waals surface area contributed by atoms with E-state index in [2.05, 4.69) is 17.3 Å². The van der Waals surface area contributed by atoms with Crippen LogP contribution >= 0.6 is 35.3 Å². The van der Waals surface area contributed by atoms with E-state index in [0.29, 0.717) is 15.4 Å². The molecule has 1 heterocycles. The molecule has 0 aliphatic heterocycles. The lowest BCUT2D eigenvalue weighted by molar-refractivity contribution is -0.119. The first-order valence-corrected chi connectivity index (χ1v) is 10.5. The van der Waals surface area contributed by atoms with Gasteiger partial charge in [-0.05, 0) is 49.8 Å². The molecule has 0 spiro atoms. The maximum atomic E-state index is 13.0. The van der Waals surface area contributed by atoms with Crippen molar-refractivity contribution in [2.45, 2.75) is 49.9 Å². The molecule has 1 amide bonds. The van der Waals surface area contributed by atoms with Crippen molar-refractivity contribution in [1.29, 1.82) is 0 Å². The minimum absolute atomic E-state index is 0.00319. The SMILES string of the molecule is CCCCC[C@@H](C)NC(=O)CSc1nn(-c2ccc(F)cc2)c(=S)s1. The van der Waals surface area contributed by atoms with Gasteiger partial charge in [0.1, 0.15) is 5.82 Å². The number of hydrogen-bond donors (Lipinski definition) is 1. The van der Waals surface area contributed by atoms with E-state index >= 15 is 0 Å². The summed E-state index contributed by atoms with van der Waals surface area (Å²) in [5.74, 6) is 0.0115. The van der Waals surface area contributed by atoms with Crippen LogP contribution in [0.1, 0.15) is 39.5 Å². The smallest absolute Gasteiger partial charge is 0.230 e. The van der Waals surface area contributed by atoms with E-state index in [4.69, 9.17) is 12.2 Å². The lowest BCUT2D eigenvalue weighted by Gasteiger charge is -2.12. The molecular weight excluding hydrogens is 377 g/mol. The highest BCUT2D eigenvalue weighted by Crippen LogP contribution is 2.24. The Hall–Kier alpha value is -1.25. The molecule has 25 heavy (non-hydrogen) atoms. The molecule has 1 aromatic heterocycles. The fourth-order valence-corrected chi connectivity index (χ4v) is 4.45. The van der Waals surface area contributed by atoms with Crippen LogP contribution in [-0.4, -0.2) is 27.5 Å². The van der Waals surface area contributed by atoms with E-state index in [1.165, 1.54) is 48.1 Å². The van der Waals surface area contributed by atoms with Crippen molar-refractivity contribution in [2.75, 3.05) is 5.75 Å². The lowest BCUT2D eigenvalue weighted by Crippen LogP contribution is -2.33. The van der Waals surface area contributed by atoms with Crippen molar-refractivity contribution in [3.05, 3.63) is 34.0 Å². The largest absolute Gasteiger partial charge is 0.353 e. The number of hydrogen-bond acceptors (Lipinski definition) is 5. The molecule has 0 saturated heterocycles. The van der Waals surface area contributed by atoms with Crippen molar-refractivity contribution in [3.8, 4) is 5.69 Å². The van der Waals surface area contributed by atoms with Crippen LogP contribution in [0.2, 0.25) is 0 Å². The van der Waals surface area contributed by atoms with E-state index in [1.807, 2.05) is 6.92 Å². The third-order valence-electron chi connectivity index (χ3n) is 3.58. The van der Waals surface area contributed by atoms with Gasteiger partial charge in [0.2, 0.25) is 5.91 Å². The third kappa shape index (κ3) is 6.52. The average molecular weight is 400 g/mol. The van der Waals surface area contributed by atoms with Crippen molar-refractivity contribution < 1.29 is 9.18 Å². The first kappa shape index (κ1) is 20.1. The second-order valence-electron chi connectivity index (χ2n) is 5.78. The van der Waals surface area contributed by atoms with E-state index < -0.39 is 0 Å². The number of thioether (sulfide) groups is 1. The highest BCUT2D eigenvalue weighted by Gasteiger charge is 2.11. The summed E-state index contributed by atoms with van der Waals surface area (Å²) in [6.07, 6.45) is 4.51. The zero-order chi connectivity index (χ0) is 18.2. The number of aromatic nitrogens is 2. The predicted molar refractivity (Wildman–Crippen MR) is 105 cm³/mol. The summed E-state index contributed by atoms with van der Waals surface area (Å²) in [5, 5.41) is 7.42. The minimum Gasteiger partial charge on any atom is -0.353 e. The van der Waals surface area contributed by atoms with Crippen LogP contribution < -0.4 is 5.32 Å². The van der Waals surface area contributed by atoms with E-state index in [0.717, 1.165) is 17.2 Å². The first-order valence-electron chi connectivity index (χ1n) is 8.28. The van der Waals surface area contributed by atoms with Crippen LogP contribution in [0.15, 0.2) is 28.6 Å². The van der Waals surface area contributed by atoms with Crippen molar-refractivity contribution in [2.24, 2.45) is 0 Å². The van der Waals surface area contributed by atoms with Gasteiger partial charge < -0.3 is 5.32 Å². The Kier molecular flexibility index (Phi) is 8.05. The molecule has 2 rings (SSSR count). The molecule has 0 bridgehead atoms. The second-order valence-corrected chi connectivity index (χ2v) is 8.62. The highest BCUT2D eigenvalue weighted by molar-refractivity contribution is 8.01. The lowest BCUT2D eigenvalue weighted by atomic mass is 10.1. The molecule has 1 atom stereocenters. The van der Waals surface area contributed by atoms with Crippen molar-refractivity contribution in [1.82, 2.24) is 15.1 Å². The Morgan fingerprint density at radius 1 is 1.40 bits per heavy atom. The summed E-state index contributed by atoms with van der Waals surface area (Å²) in [6.45, 7) is 4.20. The Bertz CT molecular complexity index is 742. The molecule has 0 fully saturated rings. The average Bonchev–Trinajstić information content (AvgIpc) is 2.95. The first-order chi connectivity index (χ1) is 12.0. The molecule has 1 aromatic carbocycles. The number of nitrogens with one attached hydrogen (secondary N) is 1. The number of nitrogens with zero attached hydrogens (tertiary/aromatic N) is 2. The third-order valence-corrected chi connectivity index (χ3v) is 5.94. The standard InChI is InChI=1S/C17H22FN3OS3/c1-3-4-5-6-12(2)19-15(22)11-24-16-20-21(17(23)25-16)14-9-7-13(18)8-10-14/h7-10,12H,3-6,11H2,1-2H3,(H,19,22)/t12-/m1/s1. The van der Waals surface area contributed by atoms with Crippen molar-refractivity contribution in [3.63, 3.8) is 0 Å². The van der Waals surface area contributed by atoms with Gasteiger partial charge in [0, 0.05) is 6.04 Å². The summed E-state index contributed by atoms with van der Waals surface area (Å²) >= 11 is 8.02. The van der Waals surface area contributed by atoms with Gasteiger partial charge in [-0.2, -0.15) is 0 Å². The zero-order valence-electron chi connectivity index (χ0n) is 14.3. The fraction of sp³-hybridized carbons (Fsp3) is 0.471. The maximum Gasteiger partial charge on any atom is 0.230 e. The Morgan fingerprint density at radius 2 is 2.12 bits per heavy atom. The van der Waals surface area contributed by atoms with Gasteiger partial charge in [-0.15, -0.1) is 5.10 Å². The molecular formula is C17H22FN3OS3. The van der Waals surface area contributed by atoms with Crippen LogP contribution in [0.5, 0.6) is 0 Å². The summed E-state index contributed by atoms with van der Waals surface area (Å²) in [4.78, 5) is 12.0. The summed E-state index contributed by atoms with van der Waals surface area (Å²) in [7, 11) is 0. The van der Waals surface area contributed by atoms with Gasteiger partial charge in [-0.25, -0.2) is 9.07 Å². The van der Waals surface area contributed by atoms with Gasteiger partial charge in [0.15, 0.2) is 8.29 Å². The quantitative estimate of drug-likeness (QED) is 0.367. The maximum absolute atomic E-state index is 13.0. The molecule has 136 valence electrons. The molecule has 0 saturated carbocycles. The van der Waals surface area contributed by atoms with Crippen LogP contribution in [0.25, 0.3) is 5.69 Å². The van der Waals surface area contributed by atoms with E-state index in [1.54, 1.807) is 16.8 Å². The van der Waals surface area contributed by atoms with Gasteiger partial charge in [-0.3, -0.25) is 4.79 Å². The number of halogens is 1. The Morgan fingerprint density at radius 3 is 2.80 bits per heavy atom. The number of rotatable bonds is 9. The van der Waals surface area contributed by atoms with Gasteiger partial charge >= 0.3 is 0 Å². The van der Waals surface area contributed by atoms with Crippen molar-refractivity contribution >= 4 is 41.2 Å². The highest BCUT2D eigenvalue weighted by atomic mass is 32.2. The summed E-state index contributed by atoms with van der Waals surface area (Å²) in [6, 6.07) is 6.19. The second kappa shape index (κ2) is 10.0. The molecule has 0 unspecified atom stereocenters. The molecule has 0 aliphatic carbocycles. The minimum atomic E-state index is -0.301. The summed E-state index contributed by atoms with van der Waals surface area (Å²) < 4.78 is 15.9. The normalized spacial score (nSPS) is 12.1. The fourth-order valence-electron chi connectivity index (χ4n) is 2.28. The van der Waals surface area contributed by atoms with Gasteiger partial charge in [0.05, 0.1) is 11.4 Å². The zero-order valence-corrected chi connectivity index (χ0v) is 16.8. The number of benzene rings is 1. The van der Waals surface area contributed by atoms with Crippen LogP contribution in [0, 0.1) is 9.77 Å². The van der Waals surface area contributed by atoms with Gasteiger partial charge in [0.25, 0.3) is 0 Å². The van der Waals surface area contributed by atoms with Crippen LogP contribution in [0.4, 0.5) is 4.39 Å². The summed E-state index contributed by atoms with van der Waals surface area (Å²) in [5.41, 5.74) is 0.712. The molecule has 1 N–H and O–H groups in total. The van der Waals surface area contributed by atoms with Crippen LogP contribution in [0.3, 0.4) is 0 Å². The van der Waals surface area contributed by atoms with E-state index in [-0.39, 0.29) is 17.8 Å². The number of carbonyl (C=O) groups is 1. The van der Waals surface area contributed by atoms with Gasteiger partial charge in [-0.1, -0.05) is 49.3 Å². The van der Waals surface area contributed by atoms with E-state index in [9.17, 15) is 9.18 Å². The number of amides is 1. The topological polar surface area (TPSA) is 46.9 Å². The molecule has 2 aromatic rings. The Labute approximate surface area is 160 Å². The molecule has 4 nitrogen and oxygen atoms in total. The Balaban J connectivity index is 1.87. The number of unbranched alkanes of at least 4 members (excludes halogenated alkanes) is 2. The number of carbonyl (C=O) groups excluding carboxylic acids is 1. The monoisotopic (exact) mass is 399 g/mol. The molecule has 8 heteroatoms. The van der Waals surface area contributed by atoms with Crippen LogP contribution in [-0.2, 0) is 4.79 Å². The molecule has 0 aliphatic rings.